The van der Waals surface area contributed by atoms with Gasteiger partial charge < -0.3 is 5.32 Å². The number of nitrogens with zero attached hydrogens (tertiary/aromatic N) is 2. The average Bonchev–Trinajstić information content (AvgIpc) is 3.10. The number of benzene rings is 1. The molecule has 8 heteroatoms. The van der Waals surface area contributed by atoms with Crippen molar-refractivity contribution in [2.45, 2.75) is 30.5 Å². The first-order valence-electron chi connectivity index (χ1n) is 7.59. The van der Waals surface area contributed by atoms with Crippen LogP contribution in [0.3, 0.4) is 0 Å². The lowest BCUT2D eigenvalue weighted by molar-refractivity contribution is 0.603. The first kappa shape index (κ1) is 16.7. The summed E-state index contributed by atoms with van der Waals surface area (Å²) in [5.74, 6) is 0.644. The molecule has 0 aliphatic carbocycles. The van der Waals surface area contributed by atoms with Crippen molar-refractivity contribution in [2.75, 3.05) is 10.0 Å². The van der Waals surface area contributed by atoms with E-state index in [9.17, 15) is 8.42 Å². The highest BCUT2D eigenvalue weighted by Gasteiger charge is 2.20. The van der Waals surface area contributed by atoms with Crippen LogP contribution in [0.5, 0.6) is 0 Å². The van der Waals surface area contributed by atoms with Crippen LogP contribution in [0.2, 0.25) is 0 Å². The molecule has 0 radical (unpaired) electrons. The number of hydrogen-bond acceptors (Lipinski definition) is 6. The van der Waals surface area contributed by atoms with Crippen LogP contribution in [0.4, 0.5) is 11.6 Å². The van der Waals surface area contributed by atoms with Gasteiger partial charge in [0.05, 0.1) is 11.0 Å². The number of rotatable bonds is 6. The second-order valence-corrected chi connectivity index (χ2v) is 8.26. The summed E-state index contributed by atoms with van der Waals surface area (Å²) in [6.45, 7) is 4.05. The molecule has 126 valence electrons. The Labute approximate surface area is 145 Å². The quantitative estimate of drug-likeness (QED) is 0.698. The standard InChI is InChI=1S/C16H18N4O2S2/c1-3-11(2)17-15-16(19-13-8-5-4-7-12(13)18-15)20-24(21,22)14-9-6-10-23-14/h4-11H,3H2,1-2H3,(H,17,18)(H,19,20)/t11-/m1/s1. The van der Waals surface area contributed by atoms with Gasteiger partial charge in [0.15, 0.2) is 11.6 Å². The van der Waals surface area contributed by atoms with E-state index < -0.39 is 10.0 Å². The van der Waals surface area contributed by atoms with Crippen LogP contribution in [-0.2, 0) is 10.0 Å². The van der Waals surface area contributed by atoms with Gasteiger partial charge in [-0.05, 0) is 36.9 Å². The van der Waals surface area contributed by atoms with Crippen LogP contribution >= 0.6 is 11.3 Å². The molecule has 24 heavy (non-hydrogen) atoms. The van der Waals surface area contributed by atoms with Crippen LogP contribution in [0.15, 0.2) is 46.0 Å². The van der Waals surface area contributed by atoms with Gasteiger partial charge in [-0.15, -0.1) is 11.3 Å². The Morgan fingerprint density at radius 2 is 1.75 bits per heavy atom. The molecule has 0 saturated carbocycles. The number of anilines is 2. The highest BCUT2D eigenvalue weighted by molar-refractivity contribution is 7.94. The molecule has 0 aliphatic heterocycles. The summed E-state index contributed by atoms with van der Waals surface area (Å²) < 4.78 is 27.8. The zero-order chi connectivity index (χ0) is 17.2. The first-order chi connectivity index (χ1) is 11.5. The molecule has 1 aromatic carbocycles. The molecule has 2 aromatic heterocycles. The number of aromatic nitrogens is 2. The molecular formula is C16H18N4O2S2. The molecular weight excluding hydrogens is 344 g/mol. The van der Waals surface area contributed by atoms with Crippen LogP contribution in [0, 0.1) is 0 Å². The molecule has 2 N–H and O–H groups in total. The van der Waals surface area contributed by atoms with Gasteiger partial charge in [0, 0.05) is 6.04 Å². The molecule has 2 heterocycles. The molecule has 6 nitrogen and oxygen atoms in total. The molecule has 0 saturated heterocycles. The molecule has 0 fully saturated rings. The lowest BCUT2D eigenvalue weighted by Gasteiger charge is -2.16. The Hall–Kier alpha value is -2.19. The minimum absolute atomic E-state index is 0.144. The molecule has 0 unspecified atom stereocenters. The summed E-state index contributed by atoms with van der Waals surface area (Å²) >= 11 is 1.16. The van der Waals surface area contributed by atoms with Crippen molar-refractivity contribution in [3.63, 3.8) is 0 Å². The summed E-state index contributed by atoms with van der Waals surface area (Å²) in [7, 11) is -3.68. The van der Waals surface area contributed by atoms with E-state index in [4.69, 9.17) is 0 Å². The van der Waals surface area contributed by atoms with Gasteiger partial charge in [0.25, 0.3) is 10.0 Å². The second-order valence-electron chi connectivity index (χ2n) is 5.40. The highest BCUT2D eigenvalue weighted by Crippen LogP contribution is 2.26. The number of thiophene rings is 1. The number of para-hydroxylation sites is 2. The van der Waals surface area contributed by atoms with Crippen molar-refractivity contribution in [2.24, 2.45) is 0 Å². The van der Waals surface area contributed by atoms with Crippen LogP contribution < -0.4 is 10.0 Å². The van der Waals surface area contributed by atoms with E-state index in [1.165, 1.54) is 0 Å². The zero-order valence-electron chi connectivity index (χ0n) is 13.4. The maximum Gasteiger partial charge on any atom is 0.272 e. The summed E-state index contributed by atoms with van der Waals surface area (Å²) in [4.78, 5) is 8.98. The minimum atomic E-state index is -3.68. The van der Waals surface area contributed by atoms with E-state index in [1.807, 2.05) is 32.0 Å². The number of nitrogens with one attached hydrogen (secondary N) is 2. The van der Waals surface area contributed by atoms with Crippen molar-refractivity contribution in [3.8, 4) is 0 Å². The fraction of sp³-hybridized carbons (Fsp3) is 0.250. The van der Waals surface area contributed by atoms with Crippen molar-refractivity contribution in [1.29, 1.82) is 0 Å². The Bertz CT molecular complexity index is 940. The van der Waals surface area contributed by atoms with Crippen molar-refractivity contribution in [3.05, 3.63) is 41.8 Å². The van der Waals surface area contributed by atoms with Crippen molar-refractivity contribution < 1.29 is 8.42 Å². The van der Waals surface area contributed by atoms with Gasteiger partial charge in [0.2, 0.25) is 0 Å². The van der Waals surface area contributed by atoms with E-state index in [0.29, 0.717) is 16.9 Å². The summed E-state index contributed by atoms with van der Waals surface area (Å²) in [5, 5.41) is 4.94. The summed E-state index contributed by atoms with van der Waals surface area (Å²) in [6.07, 6.45) is 0.881. The number of sulfonamides is 1. The molecule has 3 aromatic rings. The summed E-state index contributed by atoms with van der Waals surface area (Å²) in [5.41, 5.74) is 1.35. The fourth-order valence-electron chi connectivity index (χ4n) is 2.10. The Morgan fingerprint density at radius 3 is 2.33 bits per heavy atom. The molecule has 3 rings (SSSR count). The minimum Gasteiger partial charge on any atom is -0.365 e. The topological polar surface area (TPSA) is 84.0 Å². The molecule has 0 aliphatic rings. The van der Waals surface area contributed by atoms with Crippen molar-refractivity contribution >= 4 is 44.0 Å². The normalized spacial score (nSPS) is 12.9. The molecule has 0 amide bonds. The molecule has 0 bridgehead atoms. The lowest BCUT2D eigenvalue weighted by Crippen LogP contribution is -2.19. The van der Waals surface area contributed by atoms with E-state index in [1.54, 1.807) is 23.6 Å². The van der Waals surface area contributed by atoms with E-state index in [2.05, 4.69) is 20.0 Å². The summed E-state index contributed by atoms with van der Waals surface area (Å²) in [6, 6.07) is 10.8. The van der Waals surface area contributed by atoms with Gasteiger partial charge >= 0.3 is 0 Å². The van der Waals surface area contributed by atoms with Crippen LogP contribution in [0.1, 0.15) is 20.3 Å². The van der Waals surface area contributed by atoms with E-state index in [0.717, 1.165) is 17.8 Å². The SMILES string of the molecule is CC[C@@H](C)Nc1nc2ccccc2nc1NS(=O)(=O)c1cccs1. The van der Waals surface area contributed by atoms with Gasteiger partial charge in [0.1, 0.15) is 4.21 Å². The van der Waals surface area contributed by atoms with Crippen molar-refractivity contribution in [1.82, 2.24) is 9.97 Å². The average molecular weight is 362 g/mol. The van der Waals surface area contributed by atoms with Gasteiger partial charge in [-0.1, -0.05) is 25.1 Å². The van der Waals surface area contributed by atoms with E-state index >= 15 is 0 Å². The maximum atomic E-state index is 12.5. The predicted octanol–water partition coefficient (Wildman–Crippen LogP) is 3.70. The number of hydrogen-bond donors (Lipinski definition) is 2. The third kappa shape index (κ3) is 3.49. The largest absolute Gasteiger partial charge is 0.365 e. The highest BCUT2D eigenvalue weighted by atomic mass is 32.2. The molecule has 1 atom stereocenters. The van der Waals surface area contributed by atoms with Crippen LogP contribution in [-0.4, -0.2) is 24.4 Å². The second kappa shape index (κ2) is 6.74. The number of fused-ring (bicyclic) bond motifs is 1. The monoisotopic (exact) mass is 362 g/mol. The Balaban J connectivity index is 2.05. The first-order valence-corrected chi connectivity index (χ1v) is 9.95. The molecule has 0 spiro atoms. The van der Waals surface area contributed by atoms with Gasteiger partial charge in [-0.3, -0.25) is 4.72 Å². The van der Waals surface area contributed by atoms with E-state index in [-0.39, 0.29) is 16.1 Å². The van der Waals surface area contributed by atoms with Gasteiger partial charge in [-0.2, -0.15) is 0 Å². The third-order valence-corrected chi connectivity index (χ3v) is 6.29. The Morgan fingerprint density at radius 1 is 1.08 bits per heavy atom. The smallest absolute Gasteiger partial charge is 0.272 e. The van der Waals surface area contributed by atoms with Gasteiger partial charge in [-0.25, -0.2) is 18.4 Å². The maximum absolute atomic E-state index is 12.5. The fourth-order valence-corrected chi connectivity index (χ4v) is 4.10. The lowest BCUT2D eigenvalue weighted by atomic mass is 10.2. The zero-order valence-corrected chi connectivity index (χ0v) is 15.0. The van der Waals surface area contributed by atoms with Crippen LogP contribution in [0.25, 0.3) is 11.0 Å². The predicted molar refractivity (Wildman–Crippen MR) is 98.0 cm³/mol. The third-order valence-electron chi connectivity index (χ3n) is 3.56. The Kier molecular flexibility index (Phi) is 4.68.